The Hall–Kier alpha value is -0.650. The number of methoxy groups -OCH3 is 1. The molecule has 20 heavy (non-hydrogen) atoms. The van der Waals surface area contributed by atoms with E-state index in [0.717, 1.165) is 25.8 Å². The van der Waals surface area contributed by atoms with Crippen molar-refractivity contribution in [2.75, 3.05) is 20.3 Å². The van der Waals surface area contributed by atoms with Gasteiger partial charge in [0.05, 0.1) is 12.1 Å². The fourth-order valence-electron chi connectivity index (χ4n) is 3.01. The maximum Gasteiger partial charge on any atom is 0.237 e. The highest BCUT2D eigenvalue weighted by atomic mass is 16.5. The van der Waals surface area contributed by atoms with Crippen molar-refractivity contribution in [3.05, 3.63) is 0 Å². The monoisotopic (exact) mass is 285 g/mol. The van der Waals surface area contributed by atoms with Gasteiger partial charge in [-0.05, 0) is 46.6 Å². The summed E-state index contributed by atoms with van der Waals surface area (Å²) >= 11 is 0. The molecule has 1 amide bonds. The van der Waals surface area contributed by atoms with E-state index in [9.17, 15) is 4.79 Å². The minimum Gasteiger partial charge on any atom is -0.383 e. The van der Waals surface area contributed by atoms with Crippen molar-refractivity contribution in [3.8, 4) is 0 Å². The summed E-state index contributed by atoms with van der Waals surface area (Å²) in [5, 5.41) is 3.42. The van der Waals surface area contributed by atoms with E-state index in [1.54, 1.807) is 7.11 Å². The zero-order chi connectivity index (χ0) is 15.3. The van der Waals surface area contributed by atoms with E-state index in [1.165, 1.54) is 0 Å². The second-order valence-electron chi connectivity index (χ2n) is 6.30. The molecule has 0 bridgehead atoms. The smallest absolute Gasteiger partial charge is 0.237 e. The number of ether oxygens (including phenoxy) is 1. The summed E-state index contributed by atoms with van der Waals surface area (Å²) in [7, 11) is 1.72. The first-order valence-corrected chi connectivity index (χ1v) is 7.66. The SMILES string of the molecule is CCN(C(C)COC)C(C)CC(C)(NC1CC1)C(N)=O. The summed E-state index contributed by atoms with van der Waals surface area (Å²) in [6.07, 6.45) is 3.02. The lowest BCUT2D eigenvalue weighted by Crippen LogP contribution is -2.58. The molecular formula is C15H31N3O2. The average Bonchev–Trinajstić information content (AvgIpc) is 3.13. The highest BCUT2D eigenvalue weighted by molar-refractivity contribution is 5.84. The van der Waals surface area contributed by atoms with Crippen LogP contribution in [0.4, 0.5) is 0 Å². The average molecular weight is 285 g/mol. The maximum absolute atomic E-state index is 11.8. The van der Waals surface area contributed by atoms with E-state index >= 15 is 0 Å². The van der Waals surface area contributed by atoms with Crippen molar-refractivity contribution in [3.63, 3.8) is 0 Å². The van der Waals surface area contributed by atoms with Crippen LogP contribution in [-0.4, -0.2) is 54.7 Å². The molecule has 0 aliphatic heterocycles. The van der Waals surface area contributed by atoms with Crippen LogP contribution in [0, 0.1) is 0 Å². The van der Waals surface area contributed by atoms with E-state index < -0.39 is 5.54 Å². The van der Waals surface area contributed by atoms with Crippen LogP contribution >= 0.6 is 0 Å². The summed E-state index contributed by atoms with van der Waals surface area (Å²) in [4.78, 5) is 14.2. The van der Waals surface area contributed by atoms with Gasteiger partial charge in [0.2, 0.25) is 5.91 Å². The largest absolute Gasteiger partial charge is 0.383 e. The summed E-state index contributed by atoms with van der Waals surface area (Å²) in [5.74, 6) is -0.258. The Morgan fingerprint density at radius 3 is 2.45 bits per heavy atom. The minimum atomic E-state index is -0.624. The standard InChI is InChI=1S/C15H31N3O2/c1-6-18(12(3)10-20-5)11(2)9-15(4,14(16)19)17-13-7-8-13/h11-13,17H,6-10H2,1-5H3,(H2,16,19). The van der Waals surface area contributed by atoms with Crippen molar-refractivity contribution in [1.82, 2.24) is 10.2 Å². The molecule has 1 saturated carbocycles. The highest BCUT2D eigenvalue weighted by Gasteiger charge is 2.39. The Balaban J connectivity index is 2.67. The lowest BCUT2D eigenvalue weighted by molar-refractivity contribution is -0.124. The molecule has 0 spiro atoms. The predicted molar refractivity (Wildman–Crippen MR) is 81.6 cm³/mol. The molecule has 1 fully saturated rings. The van der Waals surface area contributed by atoms with Crippen LogP contribution in [-0.2, 0) is 9.53 Å². The van der Waals surface area contributed by atoms with Crippen LogP contribution in [0.15, 0.2) is 0 Å². The third-order valence-corrected chi connectivity index (χ3v) is 4.25. The van der Waals surface area contributed by atoms with E-state index in [0.29, 0.717) is 18.7 Å². The Labute approximate surface area is 123 Å². The van der Waals surface area contributed by atoms with E-state index in [1.807, 2.05) is 6.92 Å². The number of nitrogens with two attached hydrogens (primary N) is 1. The van der Waals surface area contributed by atoms with E-state index in [2.05, 4.69) is 31.0 Å². The van der Waals surface area contributed by atoms with Gasteiger partial charge in [-0.1, -0.05) is 6.92 Å². The number of amides is 1. The third kappa shape index (κ3) is 4.72. The summed E-state index contributed by atoms with van der Waals surface area (Å²) < 4.78 is 5.24. The summed E-state index contributed by atoms with van der Waals surface area (Å²) in [5.41, 5.74) is 5.00. The first-order chi connectivity index (χ1) is 9.34. The Bertz CT molecular complexity index is 320. The minimum absolute atomic E-state index is 0.258. The van der Waals surface area contributed by atoms with Gasteiger partial charge >= 0.3 is 0 Å². The lowest BCUT2D eigenvalue weighted by Gasteiger charge is -2.38. The second-order valence-corrected chi connectivity index (χ2v) is 6.30. The van der Waals surface area contributed by atoms with Gasteiger partial charge in [-0.2, -0.15) is 0 Å². The quantitative estimate of drug-likeness (QED) is 0.631. The van der Waals surface area contributed by atoms with Gasteiger partial charge in [-0.25, -0.2) is 0 Å². The van der Waals surface area contributed by atoms with Crippen LogP contribution in [0.2, 0.25) is 0 Å². The normalized spacial score (nSPS) is 21.5. The fourth-order valence-corrected chi connectivity index (χ4v) is 3.01. The molecular weight excluding hydrogens is 254 g/mol. The Kier molecular flexibility index (Phi) is 6.43. The Morgan fingerprint density at radius 2 is 2.05 bits per heavy atom. The van der Waals surface area contributed by atoms with Crippen molar-refractivity contribution in [2.24, 2.45) is 5.73 Å². The zero-order valence-corrected chi connectivity index (χ0v) is 13.6. The molecule has 1 aliphatic rings. The molecule has 0 aromatic heterocycles. The topological polar surface area (TPSA) is 67.6 Å². The molecule has 0 aromatic rings. The van der Waals surface area contributed by atoms with Gasteiger partial charge in [0.25, 0.3) is 0 Å². The zero-order valence-electron chi connectivity index (χ0n) is 13.6. The van der Waals surface area contributed by atoms with Gasteiger partial charge in [0, 0.05) is 25.2 Å². The number of hydrogen-bond donors (Lipinski definition) is 2. The van der Waals surface area contributed by atoms with Crippen molar-refractivity contribution >= 4 is 5.91 Å². The van der Waals surface area contributed by atoms with Crippen LogP contribution in [0.5, 0.6) is 0 Å². The van der Waals surface area contributed by atoms with Crippen LogP contribution in [0.25, 0.3) is 0 Å². The number of carbonyl (C=O) groups is 1. The van der Waals surface area contributed by atoms with Crippen molar-refractivity contribution in [1.29, 1.82) is 0 Å². The summed E-state index contributed by atoms with van der Waals surface area (Å²) in [6, 6.07) is 1.07. The molecule has 5 nitrogen and oxygen atoms in total. The van der Waals surface area contributed by atoms with Crippen LogP contribution in [0.3, 0.4) is 0 Å². The number of nitrogens with one attached hydrogen (secondary N) is 1. The first-order valence-electron chi connectivity index (χ1n) is 7.66. The van der Waals surface area contributed by atoms with Gasteiger partial charge in [0.1, 0.15) is 0 Å². The molecule has 0 radical (unpaired) electrons. The Morgan fingerprint density at radius 1 is 1.45 bits per heavy atom. The fraction of sp³-hybridized carbons (Fsp3) is 0.933. The summed E-state index contributed by atoms with van der Waals surface area (Å²) in [6.45, 7) is 10.0. The predicted octanol–water partition coefficient (Wildman–Crippen LogP) is 1.12. The van der Waals surface area contributed by atoms with Crippen LogP contribution < -0.4 is 11.1 Å². The number of carbonyl (C=O) groups excluding carboxylic acids is 1. The van der Waals surface area contributed by atoms with Gasteiger partial charge in [0.15, 0.2) is 0 Å². The highest BCUT2D eigenvalue weighted by Crippen LogP contribution is 2.26. The van der Waals surface area contributed by atoms with Crippen LogP contribution in [0.1, 0.15) is 47.0 Å². The van der Waals surface area contributed by atoms with E-state index in [-0.39, 0.29) is 11.9 Å². The van der Waals surface area contributed by atoms with E-state index in [4.69, 9.17) is 10.5 Å². The third-order valence-electron chi connectivity index (χ3n) is 4.25. The molecule has 0 heterocycles. The van der Waals surface area contributed by atoms with Crippen molar-refractivity contribution in [2.45, 2.75) is 70.6 Å². The maximum atomic E-state index is 11.8. The number of rotatable bonds is 10. The molecule has 3 atom stereocenters. The molecule has 0 saturated heterocycles. The molecule has 0 aromatic carbocycles. The van der Waals surface area contributed by atoms with Crippen molar-refractivity contribution < 1.29 is 9.53 Å². The molecule has 3 unspecified atom stereocenters. The molecule has 118 valence electrons. The number of hydrogen-bond acceptors (Lipinski definition) is 4. The van der Waals surface area contributed by atoms with Gasteiger partial charge in [-0.15, -0.1) is 0 Å². The number of primary amides is 1. The molecule has 1 aliphatic carbocycles. The molecule has 3 N–H and O–H groups in total. The lowest BCUT2D eigenvalue weighted by atomic mass is 9.91. The molecule has 1 rings (SSSR count). The number of nitrogens with zero attached hydrogens (tertiary/aromatic N) is 1. The first kappa shape index (κ1) is 17.4. The number of likely N-dealkylation sites (N-methyl/N-ethyl adjacent to an activating group) is 1. The van der Waals surface area contributed by atoms with Gasteiger partial charge < -0.3 is 15.8 Å². The molecule has 5 heteroatoms. The van der Waals surface area contributed by atoms with Gasteiger partial charge in [-0.3, -0.25) is 9.69 Å². The second kappa shape index (κ2) is 7.38.